The van der Waals surface area contributed by atoms with E-state index in [0.29, 0.717) is 35.6 Å². The van der Waals surface area contributed by atoms with E-state index in [1.54, 1.807) is 12.1 Å². The lowest BCUT2D eigenvalue weighted by Gasteiger charge is -2.26. The predicted octanol–water partition coefficient (Wildman–Crippen LogP) is 2.36. The Morgan fingerprint density at radius 1 is 1.17 bits per heavy atom. The number of aliphatic hydroxyl groups is 1. The smallest absolute Gasteiger partial charge is 0.256 e. The Morgan fingerprint density at radius 3 is 2.66 bits per heavy atom. The molecular weight excluding hydrogens is 470 g/mol. The number of aromatic nitrogens is 1. The SMILES string of the molecule is O=C(NCC(Cc1ccc(Cl)cc1)OCCO)c1c[nH]c2ccc(CN3CCOCC3)cc2c1=O. The minimum atomic E-state index is -0.472. The number of nitrogens with one attached hydrogen (secondary N) is 2. The van der Waals surface area contributed by atoms with Crippen molar-refractivity contribution in [1.29, 1.82) is 0 Å². The van der Waals surface area contributed by atoms with Crippen LogP contribution in [0.1, 0.15) is 21.5 Å². The molecule has 1 atom stereocenters. The van der Waals surface area contributed by atoms with Gasteiger partial charge >= 0.3 is 0 Å². The number of rotatable bonds is 10. The van der Waals surface area contributed by atoms with Crippen molar-refractivity contribution in [3.8, 4) is 0 Å². The van der Waals surface area contributed by atoms with Crippen LogP contribution in [0.25, 0.3) is 10.9 Å². The summed E-state index contributed by atoms with van der Waals surface area (Å²) in [4.78, 5) is 31.4. The number of ether oxygens (including phenoxy) is 2. The molecule has 1 saturated heterocycles. The maximum absolute atomic E-state index is 13.2. The topological polar surface area (TPSA) is 104 Å². The summed E-state index contributed by atoms with van der Waals surface area (Å²) in [6, 6.07) is 13.1. The van der Waals surface area contributed by atoms with Crippen LogP contribution in [-0.4, -0.2) is 73.1 Å². The molecule has 0 spiro atoms. The van der Waals surface area contributed by atoms with Crippen molar-refractivity contribution < 1.29 is 19.4 Å². The second-order valence-electron chi connectivity index (χ2n) is 8.56. The average molecular weight is 500 g/mol. The number of hydrogen-bond acceptors (Lipinski definition) is 6. The molecule has 0 aliphatic carbocycles. The van der Waals surface area contributed by atoms with Crippen LogP contribution in [0.4, 0.5) is 0 Å². The minimum Gasteiger partial charge on any atom is -0.394 e. The summed E-state index contributed by atoms with van der Waals surface area (Å²) in [7, 11) is 0. The van der Waals surface area contributed by atoms with E-state index in [0.717, 1.165) is 30.8 Å². The number of pyridine rings is 1. The first-order valence-electron chi connectivity index (χ1n) is 11.7. The number of fused-ring (bicyclic) bond motifs is 1. The zero-order valence-electron chi connectivity index (χ0n) is 19.5. The van der Waals surface area contributed by atoms with Crippen molar-refractivity contribution in [1.82, 2.24) is 15.2 Å². The summed E-state index contributed by atoms with van der Waals surface area (Å²) in [6.07, 6.45) is 1.60. The fourth-order valence-corrected chi connectivity index (χ4v) is 4.27. The molecule has 1 aliphatic rings. The lowest BCUT2D eigenvalue weighted by molar-refractivity contribution is 0.0289. The van der Waals surface area contributed by atoms with E-state index >= 15 is 0 Å². The van der Waals surface area contributed by atoms with Crippen LogP contribution in [0.5, 0.6) is 0 Å². The monoisotopic (exact) mass is 499 g/mol. The van der Waals surface area contributed by atoms with E-state index in [4.69, 9.17) is 26.2 Å². The lowest BCUT2D eigenvalue weighted by atomic mass is 10.1. The van der Waals surface area contributed by atoms with Gasteiger partial charge in [0.1, 0.15) is 5.56 Å². The third kappa shape index (κ3) is 6.90. The van der Waals surface area contributed by atoms with Gasteiger partial charge in [0.15, 0.2) is 0 Å². The van der Waals surface area contributed by atoms with E-state index in [1.807, 2.05) is 30.3 Å². The van der Waals surface area contributed by atoms with Gasteiger partial charge in [-0.2, -0.15) is 0 Å². The molecule has 35 heavy (non-hydrogen) atoms. The number of benzene rings is 2. The average Bonchev–Trinajstić information content (AvgIpc) is 2.88. The zero-order chi connectivity index (χ0) is 24.6. The molecule has 1 amide bonds. The van der Waals surface area contributed by atoms with Gasteiger partial charge in [-0.05, 0) is 35.4 Å². The third-order valence-corrected chi connectivity index (χ3v) is 6.26. The molecule has 1 aromatic heterocycles. The van der Waals surface area contributed by atoms with E-state index in [2.05, 4.69) is 15.2 Å². The molecule has 0 bridgehead atoms. The fourth-order valence-electron chi connectivity index (χ4n) is 4.14. The largest absolute Gasteiger partial charge is 0.394 e. The molecule has 1 aliphatic heterocycles. The molecule has 1 unspecified atom stereocenters. The molecular formula is C26H30ClN3O5. The summed E-state index contributed by atoms with van der Waals surface area (Å²) in [6.45, 7) is 4.07. The molecule has 0 radical (unpaired) electrons. The maximum Gasteiger partial charge on any atom is 0.256 e. The van der Waals surface area contributed by atoms with Crippen molar-refractivity contribution >= 4 is 28.4 Å². The van der Waals surface area contributed by atoms with Crippen molar-refractivity contribution in [3.05, 3.63) is 80.6 Å². The molecule has 3 N–H and O–H groups in total. The van der Waals surface area contributed by atoms with Crippen LogP contribution in [0, 0.1) is 0 Å². The van der Waals surface area contributed by atoms with Crippen LogP contribution in [0.15, 0.2) is 53.5 Å². The van der Waals surface area contributed by atoms with Crippen LogP contribution in [0.2, 0.25) is 5.02 Å². The molecule has 4 rings (SSSR count). The maximum atomic E-state index is 13.2. The molecule has 2 aromatic carbocycles. The predicted molar refractivity (Wildman–Crippen MR) is 135 cm³/mol. The highest BCUT2D eigenvalue weighted by Crippen LogP contribution is 2.15. The number of halogens is 1. The van der Waals surface area contributed by atoms with Gasteiger partial charge < -0.3 is 24.9 Å². The first-order valence-corrected chi connectivity index (χ1v) is 12.1. The highest BCUT2D eigenvalue weighted by molar-refractivity contribution is 6.30. The molecule has 3 aromatic rings. The number of nitrogens with zero attached hydrogens (tertiary/aromatic N) is 1. The number of H-pyrrole nitrogens is 1. The second kappa shape index (κ2) is 12.3. The fraction of sp³-hybridized carbons (Fsp3) is 0.385. The van der Waals surface area contributed by atoms with Gasteiger partial charge in [-0.15, -0.1) is 0 Å². The Morgan fingerprint density at radius 2 is 1.91 bits per heavy atom. The Labute approximate surface area is 208 Å². The molecule has 1 fully saturated rings. The summed E-state index contributed by atoms with van der Waals surface area (Å²) in [5.41, 5.74) is 2.43. The molecule has 186 valence electrons. The highest BCUT2D eigenvalue weighted by Gasteiger charge is 2.17. The number of aliphatic hydroxyl groups excluding tert-OH is 1. The Hall–Kier alpha value is -2.75. The van der Waals surface area contributed by atoms with E-state index in [-0.39, 0.29) is 36.9 Å². The highest BCUT2D eigenvalue weighted by atomic mass is 35.5. The van der Waals surface area contributed by atoms with Crippen molar-refractivity contribution in [3.63, 3.8) is 0 Å². The number of hydrogen-bond donors (Lipinski definition) is 3. The number of aromatic amines is 1. The van der Waals surface area contributed by atoms with Crippen LogP contribution in [0.3, 0.4) is 0 Å². The normalized spacial score (nSPS) is 15.3. The summed E-state index contributed by atoms with van der Waals surface area (Å²) >= 11 is 5.96. The van der Waals surface area contributed by atoms with Crippen LogP contribution in [-0.2, 0) is 22.4 Å². The van der Waals surface area contributed by atoms with Crippen LogP contribution < -0.4 is 10.7 Å². The van der Waals surface area contributed by atoms with E-state index in [1.165, 1.54) is 6.20 Å². The molecule has 9 heteroatoms. The standard InChI is InChI=1S/C26H30ClN3O5/c27-20-4-1-18(2-5-20)13-21(35-12-9-31)15-29-26(33)23-16-28-24-6-3-19(14-22(24)25(23)32)17-30-7-10-34-11-8-30/h1-6,14,16,21,31H,7-13,15,17H2,(H,28,32)(H,29,33). The van der Waals surface area contributed by atoms with Gasteiger partial charge in [-0.1, -0.05) is 29.8 Å². The van der Waals surface area contributed by atoms with Gasteiger partial charge in [0, 0.05) is 54.7 Å². The minimum absolute atomic E-state index is 0.0495. The number of morpholine rings is 1. The lowest BCUT2D eigenvalue weighted by Crippen LogP contribution is -2.37. The Bertz CT molecular complexity index is 1190. The quantitative estimate of drug-likeness (QED) is 0.395. The number of carbonyl (C=O) groups is 1. The van der Waals surface area contributed by atoms with E-state index < -0.39 is 5.91 Å². The number of carbonyl (C=O) groups excluding carboxylic acids is 1. The third-order valence-electron chi connectivity index (χ3n) is 6.01. The van der Waals surface area contributed by atoms with Crippen LogP contribution >= 0.6 is 11.6 Å². The van der Waals surface area contributed by atoms with Crippen molar-refractivity contribution in [2.24, 2.45) is 0 Å². The number of amides is 1. The van der Waals surface area contributed by atoms with E-state index in [9.17, 15) is 9.59 Å². The first kappa shape index (κ1) is 25.3. The van der Waals surface area contributed by atoms with Gasteiger partial charge in [-0.3, -0.25) is 14.5 Å². The van der Waals surface area contributed by atoms with Gasteiger partial charge in [-0.25, -0.2) is 0 Å². The Kier molecular flexibility index (Phi) is 8.90. The summed E-state index contributed by atoms with van der Waals surface area (Å²) < 4.78 is 11.1. The van der Waals surface area contributed by atoms with Gasteiger partial charge in [0.05, 0.1) is 32.5 Å². The molecule has 8 nitrogen and oxygen atoms in total. The molecule has 2 heterocycles. The molecule has 0 saturated carbocycles. The van der Waals surface area contributed by atoms with Crippen molar-refractivity contribution in [2.75, 3.05) is 46.1 Å². The van der Waals surface area contributed by atoms with Crippen molar-refractivity contribution in [2.45, 2.75) is 19.1 Å². The van der Waals surface area contributed by atoms with Gasteiger partial charge in [0.2, 0.25) is 5.43 Å². The summed E-state index contributed by atoms with van der Waals surface area (Å²) in [5.74, 6) is -0.472. The first-order chi connectivity index (χ1) is 17.0. The second-order valence-corrected chi connectivity index (χ2v) is 8.99. The Balaban J connectivity index is 1.45. The van der Waals surface area contributed by atoms with Gasteiger partial charge in [0.25, 0.3) is 5.91 Å². The summed E-state index contributed by atoms with van der Waals surface area (Å²) in [5, 5.41) is 13.1. The zero-order valence-corrected chi connectivity index (χ0v) is 20.2.